The third kappa shape index (κ3) is 3.35. The van der Waals surface area contributed by atoms with E-state index in [1.54, 1.807) is 22.7 Å². The number of aromatic nitrogens is 1. The number of fused-ring (bicyclic) bond motifs is 2. The average Bonchev–Trinajstić information content (AvgIpc) is 3.43. The van der Waals surface area contributed by atoms with E-state index >= 15 is 0 Å². The number of benzene rings is 1. The highest BCUT2D eigenvalue weighted by molar-refractivity contribution is 7.23. The second kappa shape index (κ2) is 7.33. The monoisotopic (exact) mass is 441 g/mol. The van der Waals surface area contributed by atoms with Gasteiger partial charge in [-0.25, -0.2) is 4.98 Å². The number of thiazole rings is 1. The zero-order chi connectivity index (χ0) is 20.0. The molecule has 0 spiro atoms. The number of carbonyl (C=O) groups is 1. The fourth-order valence-electron chi connectivity index (χ4n) is 3.57. The third-order valence-electron chi connectivity index (χ3n) is 4.90. The first-order valence-corrected chi connectivity index (χ1v) is 11.6. The van der Waals surface area contributed by atoms with Crippen molar-refractivity contribution in [3.8, 4) is 10.6 Å². The van der Waals surface area contributed by atoms with Gasteiger partial charge in [0.25, 0.3) is 5.91 Å². The number of anilines is 1. The van der Waals surface area contributed by atoms with E-state index in [0.717, 1.165) is 62.8 Å². The van der Waals surface area contributed by atoms with Crippen molar-refractivity contribution in [3.63, 3.8) is 0 Å². The molecule has 0 aliphatic heterocycles. The maximum Gasteiger partial charge on any atom is 0.324 e. The Morgan fingerprint density at radius 1 is 1.07 bits per heavy atom. The van der Waals surface area contributed by atoms with Gasteiger partial charge < -0.3 is 5.32 Å². The molecule has 0 bridgehead atoms. The van der Waals surface area contributed by atoms with Crippen LogP contribution in [0.2, 0.25) is 0 Å². The first kappa shape index (κ1) is 18.4. The number of nitrogens with one attached hydrogen (secondary N) is 1. The molecular formula is C20H15N3O3S3. The molecule has 1 aromatic carbocycles. The molecule has 9 heteroatoms. The molecule has 0 fully saturated rings. The molecular weight excluding hydrogens is 426 g/mol. The van der Waals surface area contributed by atoms with E-state index in [-0.39, 0.29) is 10.9 Å². The maximum absolute atomic E-state index is 12.8. The molecule has 29 heavy (non-hydrogen) atoms. The molecule has 1 amide bonds. The average molecular weight is 442 g/mol. The van der Waals surface area contributed by atoms with Crippen LogP contribution in [0.4, 0.5) is 10.0 Å². The maximum atomic E-state index is 12.8. The first-order valence-electron chi connectivity index (χ1n) is 9.16. The highest BCUT2D eigenvalue weighted by atomic mass is 32.1. The number of rotatable bonds is 4. The molecule has 3 aromatic heterocycles. The number of aryl methyl sites for hydroxylation is 1. The van der Waals surface area contributed by atoms with Gasteiger partial charge in [-0.3, -0.25) is 14.9 Å². The third-order valence-corrected chi connectivity index (χ3v) is 8.20. The van der Waals surface area contributed by atoms with Crippen molar-refractivity contribution in [2.45, 2.75) is 25.7 Å². The van der Waals surface area contributed by atoms with Crippen LogP contribution >= 0.6 is 34.0 Å². The quantitative estimate of drug-likeness (QED) is 0.305. The molecule has 146 valence electrons. The van der Waals surface area contributed by atoms with Crippen molar-refractivity contribution in [3.05, 3.63) is 61.8 Å². The molecule has 4 aromatic rings. The summed E-state index contributed by atoms with van der Waals surface area (Å²) >= 11 is 4.13. The largest absolute Gasteiger partial charge is 0.324 e. The van der Waals surface area contributed by atoms with E-state index in [4.69, 9.17) is 4.98 Å². The van der Waals surface area contributed by atoms with E-state index < -0.39 is 4.92 Å². The SMILES string of the molecule is O=C(Nc1sc2c(c1-c1nc3ccccc3s1)CCCC2)c1ccc([N+](=O)[O-])s1. The Hall–Kier alpha value is -2.62. The normalized spacial score (nSPS) is 13.4. The van der Waals surface area contributed by atoms with Crippen molar-refractivity contribution < 1.29 is 9.72 Å². The number of hydrogen-bond donors (Lipinski definition) is 1. The standard InChI is InChI=1S/C20H15N3O3S3/c24-18(15-9-10-16(27-15)23(25)26)22-20-17(11-5-1-3-7-13(11)28-20)19-21-12-6-2-4-8-14(12)29-19/h2,4,6,8-10H,1,3,5,7H2,(H,22,24). The van der Waals surface area contributed by atoms with Gasteiger partial charge in [-0.1, -0.05) is 23.5 Å². The Bertz CT molecular complexity index is 1220. The lowest BCUT2D eigenvalue weighted by molar-refractivity contribution is -0.380. The lowest BCUT2D eigenvalue weighted by atomic mass is 9.96. The van der Waals surface area contributed by atoms with Crippen LogP contribution in [0.25, 0.3) is 20.8 Å². The molecule has 1 N–H and O–H groups in total. The van der Waals surface area contributed by atoms with Crippen LogP contribution in [0.15, 0.2) is 36.4 Å². The highest BCUT2D eigenvalue weighted by Crippen LogP contribution is 2.46. The summed E-state index contributed by atoms with van der Waals surface area (Å²) in [6.07, 6.45) is 4.28. The minimum atomic E-state index is -0.474. The van der Waals surface area contributed by atoms with E-state index in [0.29, 0.717) is 4.88 Å². The predicted molar refractivity (Wildman–Crippen MR) is 119 cm³/mol. The Labute approximate surface area is 178 Å². The first-order chi connectivity index (χ1) is 14.1. The van der Waals surface area contributed by atoms with E-state index in [1.807, 2.05) is 18.2 Å². The second-order valence-corrected chi connectivity index (χ2v) is 9.95. The predicted octanol–water partition coefficient (Wildman–Crippen LogP) is 6.13. The summed E-state index contributed by atoms with van der Waals surface area (Å²) in [6, 6.07) is 10.9. The zero-order valence-electron chi connectivity index (χ0n) is 15.1. The van der Waals surface area contributed by atoms with Crippen LogP contribution in [0, 0.1) is 10.1 Å². The van der Waals surface area contributed by atoms with E-state index in [2.05, 4.69) is 11.4 Å². The summed E-state index contributed by atoms with van der Waals surface area (Å²) in [6.45, 7) is 0. The van der Waals surface area contributed by atoms with Gasteiger partial charge in [0.05, 0.1) is 20.0 Å². The molecule has 5 rings (SSSR count). The van der Waals surface area contributed by atoms with Gasteiger partial charge in [-0.2, -0.15) is 0 Å². The minimum absolute atomic E-state index is 0.0352. The molecule has 1 aliphatic carbocycles. The summed E-state index contributed by atoms with van der Waals surface area (Å²) < 4.78 is 1.12. The van der Waals surface area contributed by atoms with E-state index in [1.165, 1.54) is 22.6 Å². The van der Waals surface area contributed by atoms with Gasteiger partial charge in [0.1, 0.15) is 10.0 Å². The molecule has 0 unspecified atom stereocenters. The van der Waals surface area contributed by atoms with Gasteiger partial charge >= 0.3 is 5.00 Å². The van der Waals surface area contributed by atoms with Gasteiger partial charge in [-0.05, 0) is 49.4 Å². The lowest BCUT2D eigenvalue weighted by Gasteiger charge is -2.11. The molecule has 0 saturated heterocycles. The smallest absolute Gasteiger partial charge is 0.312 e. The Morgan fingerprint density at radius 2 is 1.90 bits per heavy atom. The number of para-hydroxylation sites is 1. The van der Waals surface area contributed by atoms with Crippen LogP contribution in [0.3, 0.4) is 0 Å². The van der Waals surface area contributed by atoms with Gasteiger partial charge in [0.2, 0.25) is 0 Å². The Morgan fingerprint density at radius 3 is 2.69 bits per heavy atom. The van der Waals surface area contributed by atoms with Crippen molar-refractivity contribution in [1.29, 1.82) is 0 Å². The van der Waals surface area contributed by atoms with Crippen LogP contribution in [0.1, 0.15) is 33.0 Å². The zero-order valence-corrected chi connectivity index (χ0v) is 17.6. The van der Waals surface area contributed by atoms with Crippen molar-refractivity contribution in [1.82, 2.24) is 4.98 Å². The number of carbonyl (C=O) groups excluding carboxylic acids is 1. The fourth-order valence-corrected chi connectivity index (χ4v) is 6.68. The number of hydrogen-bond acceptors (Lipinski definition) is 7. The second-order valence-electron chi connectivity index (χ2n) is 6.75. The van der Waals surface area contributed by atoms with Gasteiger partial charge in [0, 0.05) is 16.5 Å². The van der Waals surface area contributed by atoms with Gasteiger partial charge in [0.15, 0.2) is 0 Å². The number of amides is 1. The van der Waals surface area contributed by atoms with Crippen LogP contribution in [-0.4, -0.2) is 15.8 Å². The van der Waals surface area contributed by atoms with Crippen LogP contribution in [0.5, 0.6) is 0 Å². The van der Waals surface area contributed by atoms with Gasteiger partial charge in [-0.15, -0.1) is 22.7 Å². The topological polar surface area (TPSA) is 85.1 Å². The lowest BCUT2D eigenvalue weighted by Crippen LogP contribution is -2.09. The minimum Gasteiger partial charge on any atom is -0.312 e. The fraction of sp³-hybridized carbons (Fsp3) is 0.200. The molecule has 3 heterocycles. The Balaban J connectivity index is 1.56. The summed E-state index contributed by atoms with van der Waals surface area (Å²) in [5.41, 5.74) is 3.26. The number of thiophene rings is 2. The molecule has 1 aliphatic rings. The highest BCUT2D eigenvalue weighted by Gasteiger charge is 2.26. The van der Waals surface area contributed by atoms with Crippen molar-refractivity contribution in [2.24, 2.45) is 0 Å². The Kier molecular flexibility index (Phi) is 4.65. The summed E-state index contributed by atoms with van der Waals surface area (Å²) in [5, 5.41) is 15.6. The summed E-state index contributed by atoms with van der Waals surface area (Å²) in [4.78, 5) is 29.7. The molecule has 0 radical (unpaired) electrons. The van der Waals surface area contributed by atoms with Crippen LogP contribution in [-0.2, 0) is 12.8 Å². The molecule has 0 saturated carbocycles. The molecule has 0 atom stereocenters. The van der Waals surface area contributed by atoms with E-state index in [9.17, 15) is 14.9 Å². The number of nitro groups is 1. The number of nitrogens with zero attached hydrogens (tertiary/aromatic N) is 2. The van der Waals surface area contributed by atoms with Crippen LogP contribution < -0.4 is 5.32 Å². The van der Waals surface area contributed by atoms with Crippen molar-refractivity contribution in [2.75, 3.05) is 5.32 Å². The van der Waals surface area contributed by atoms with Crippen molar-refractivity contribution >= 4 is 60.1 Å². The molecule has 6 nitrogen and oxygen atoms in total. The summed E-state index contributed by atoms with van der Waals surface area (Å²) in [5.74, 6) is -0.316. The summed E-state index contributed by atoms with van der Waals surface area (Å²) in [7, 11) is 0.